The average Bonchev–Trinajstić information content (AvgIpc) is 2.39. The third-order valence-corrected chi connectivity index (χ3v) is 4.10. The summed E-state index contributed by atoms with van der Waals surface area (Å²) in [5.74, 6) is -2.73. The van der Waals surface area contributed by atoms with Gasteiger partial charge in [0.1, 0.15) is 0 Å². The molecule has 0 saturated carbocycles. The molecule has 1 N–H and O–H groups in total. The van der Waals surface area contributed by atoms with Crippen LogP contribution in [0.15, 0.2) is 56.3 Å². The zero-order valence-electron chi connectivity index (χ0n) is 10.4. The van der Waals surface area contributed by atoms with E-state index in [0.29, 0.717) is 27.9 Å². The molecule has 0 unspecified atom stereocenters. The fourth-order valence-electron chi connectivity index (χ4n) is 1.61. The van der Waals surface area contributed by atoms with Gasteiger partial charge in [0.25, 0.3) is 11.7 Å². The molecule has 2 rings (SSSR count). The fraction of sp³-hybridized carbons (Fsp3) is 0.0714. The number of alkyl halides is 2. The van der Waals surface area contributed by atoms with Crippen LogP contribution < -0.4 is 5.32 Å². The van der Waals surface area contributed by atoms with E-state index in [2.05, 4.69) is 37.2 Å². The van der Waals surface area contributed by atoms with E-state index >= 15 is 0 Å². The Labute approximate surface area is 141 Å². The van der Waals surface area contributed by atoms with E-state index in [1.165, 1.54) is 0 Å². The van der Waals surface area contributed by atoms with Crippen molar-refractivity contribution < 1.29 is 13.6 Å². The molecular formula is C14H9Br2F2NOS. The second-order valence-corrected chi connectivity index (χ2v) is 6.91. The van der Waals surface area contributed by atoms with E-state index in [4.69, 9.17) is 0 Å². The first-order chi connectivity index (χ1) is 9.94. The Morgan fingerprint density at radius 3 is 2.14 bits per heavy atom. The van der Waals surface area contributed by atoms with Crippen molar-refractivity contribution in [3.63, 3.8) is 0 Å². The predicted octanol–water partition coefficient (Wildman–Crippen LogP) is 5.78. The van der Waals surface area contributed by atoms with E-state index in [9.17, 15) is 13.6 Å². The van der Waals surface area contributed by atoms with Gasteiger partial charge in [0, 0.05) is 25.1 Å². The number of rotatable bonds is 4. The fourth-order valence-corrected chi connectivity index (χ4v) is 3.40. The third kappa shape index (κ3) is 5.09. The highest BCUT2D eigenvalue weighted by molar-refractivity contribution is 9.11. The molecule has 0 saturated heterocycles. The average molecular weight is 437 g/mol. The van der Waals surface area contributed by atoms with Gasteiger partial charge in [0.05, 0.1) is 0 Å². The van der Waals surface area contributed by atoms with Crippen molar-refractivity contribution in [2.75, 3.05) is 5.32 Å². The monoisotopic (exact) mass is 435 g/mol. The predicted molar refractivity (Wildman–Crippen MR) is 88.1 cm³/mol. The molecule has 0 heterocycles. The molecule has 110 valence electrons. The standard InChI is InChI=1S/C14H9Br2F2NOS/c15-9-5-8(6-10(16)7-9)13(20)19-11-1-3-12(4-2-11)21-14(17)18/h1-7,14H,(H,19,20). The van der Waals surface area contributed by atoms with Gasteiger partial charge in [-0.2, -0.15) is 8.78 Å². The topological polar surface area (TPSA) is 29.1 Å². The number of carbonyl (C=O) groups is 1. The second-order valence-electron chi connectivity index (χ2n) is 4.02. The molecule has 0 bridgehead atoms. The van der Waals surface area contributed by atoms with Crippen LogP contribution in [0.25, 0.3) is 0 Å². The minimum absolute atomic E-state index is 0.272. The summed E-state index contributed by atoms with van der Waals surface area (Å²) in [6, 6.07) is 11.5. The minimum atomic E-state index is -2.45. The Hall–Kier alpha value is -0.920. The van der Waals surface area contributed by atoms with Crippen molar-refractivity contribution >= 4 is 55.2 Å². The molecule has 21 heavy (non-hydrogen) atoms. The molecule has 0 spiro atoms. The molecule has 0 aliphatic rings. The molecular weight excluding hydrogens is 428 g/mol. The third-order valence-electron chi connectivity index (χ3n) is 2.46. The Morgan fingerprint density at radius 1 is 1.05 bits per heavy atom. The van der Waals surface area contributed by atoms with Crippen LogP contribution in [0.4, 0.5) is 14.5 Å². The minimum Gasteiger partial charge on any atom is -0.322 e. The lowest BCUT2D eigenvalue weighted by molar-refractivity contribution is 0.102. The van der Waals surface area contributed by atoms with Crippen molar-refractivity contribution in [2.45, 2.75) is 10.7 Å². The Balaban J connectivity index is 2.08. The molecule has 0 atom stereocenters. The summed E-state index contributed by atoms with van der Waals surface area (Å²) >= 11 is 7.10. The first-order valence-electron chi connectivity index (χ1n) is 5.76. The second kappa shape index (κ2) is 7.38. The summed E-state index contributed by atoms with van der Waals surface area (Å²) in [4.78, 5) is 12.6. The quantitative estimate of drug-likeness (QED) is 0.615. The van der Waals surface area contributed by atoms with Crippen molar-refractivity contribution in [3.8, 4) is 0 Å². The number of hydrogen-bond donors (Lipinski definition) is 1. The van der Waals surface area contributed by atoms with Crippen molar-refractivity contribution in [1.82, 2.24) is 0 Å². The van der Waals surface area contributed by atoms with Crippen molar-refractivity contribution in [2.24, 2.45) is 0 Å². The van der Waals surface area contributed by atoms with Crippen LogP contribution in [0.3, 0.4) is 0 Å². The molecule has 2 aromatic rings. The number of hydrogen-bond acceptors (Lipinski definition) is 2. The molecule has 7 heteroatoms. The summed E-state index contributed by atoms with van der Waals surface area (Å²) in [5, 5.41) is 2.72. The van der Waals surface area contributed by atoms with Gasteiger partial charge in [0.15, 0.2) is 0 Å². The van der Waals surface area contributed by atoms with Gasteiger partial charge in [0.2, 0.25) is 0 Å². The van der Waals surface area contributed by atoms with Gasteiger partial charge in [-0.3, -0.25) is 4.79 Å². The number of halogens is 4. The van der Waals surface area contributed by atoms with E-state index < -0.39 is 5.76 Å². The first-order valence-corrected chi connectivity index (χ1v) is 8.23. The summed E-state index contributed by atoms with van der Waals surface area (Å²) in [5.41, 5.74) is 1.04. The largest absolute Gasteiger partial charge is 0.322 e. The molecule has 2 aromatic carbocycles. The maximum atomic E-state index is 12.2. The summed E-state index contributed by atoms with van der Waals surface area (Å²) < 4.78 is 26.0. The van der Waals surface area contributed by atoms with Crippen LogP contribution in [-0.4, -0.2) is 11.7 Å². The maximum absolute atomic E-state index is 12.2. The number of anilines is 1. The SMILES string of the molecule is O=C(Nc1ccc(SC(F)F)cc1)c1cc(Br)cc(Br)c1. The van der Waals surface area contributed by atoms with Crippen LogP contribution in [0.5, 0.6) is 0 Å². The number of amides is 1. The van der Waals surface area contributed by atoms with Crippen molar-refractivity contribution in [1.29, 1.82) is 0 Å². The van der Waals surface area contributed by atoms with Gasteiger partial charge < -0.3 is 5.32 Å². The Morgan fingerprint density at radius 2 is 1.62 bits per heavy atom. The van der Waals surface area contributed by atoms with E-state index in [-0.39, 0.29) is 5.91 Å². The van der Waals surface area contributed by atoms with Crippen LogP contribution >= 0.6 is 43.6 Å². The van der Waals surface area contributed by atoms with E-state index in [1.54, 1.807) is 36.4 Å². The highest BCUT2D eigenvalue weighted by atomic mass is 79.9. The zero-order chi connectivity index (χ0) is 15.4. The molecule has 0 aromatic heterocycles. The molecule has 0 aliphatic heterocycles. The van der Waals surface area contributed by atoms with Gasteiger partial charge in [-0.05, 0) is 42.5 Å². The Bertz CT molecular complexity index is 630. The van der Waals surface area contributed by atoms with Crippen molar-refractivity contribution in [3.05, 3.63) is 57.0 Å². The summed E-state index contributed by atoms with van der Waals surface area (Å²) in [6.07, 6.45) is 0. The molecule has 0 radical (unpaired) electrons. The smallest absolute Gasteiger partial charge is 0.288 e. The van der Waals surface area contributed by atoms with E-state index in [1.807, 2.05) is 6.07 Å². The highest BCUT2D eigenvalue weighted by Gasteiger charge is 2.09. The number of nitrogens with one attached hydrogen (secondary N) is 1. The molecule has 2 nitrogen and oxygen atoms in total. The lowest BCUT2D eigenvalue weighted by Crippen LogP contribution is -2.11. The number of thioether (sulfide) groups is 1. The number of carbonyl (C=O) groups excluding carboxylic acids is 1. The first kappa shape index (κ1) is 16.5. The highest BCUT2D eigenvalue weighted by Crippen LogP contribution is 2.26. The molecule has 1 amide bonds. The van der Waals surface area contributed by atoms with E-state index in [0.717, 1.165) is 8.95 Å². The normalized spacial score (nSPS) is 10.7. The molecule has 0 aliphatic carbocycles. The summed E-state index contributed by atoms with van der Waals surface area (Å²) in [6.45, 7) is 0. The zero-order valence-corrected chi connectivity index (χ0v) is 14.4. The van der Waals surface area contributed by atoms with Crippen LogP contribution in [-0.2, 0) is 0 Å². The van der Waals surface area contributed by atoms with Gasteiger partial charge >= 0.3 is 0 Å². The van der Waals surface area contributed by atoms with Gasteiger partial charge in [-0.1, -0.05) is 43.6 Å². The lowest BCUT2D eigenvalue weighted by atomic mass is 10.2. The number of benzene rings is 2. The lowest BCUT2D eigenvalue weighted by Gasteiger charge is -2.07. The van der Waals surface area contributed by atoms with Gasteiger partial charge in [-0.15, -0.1) is 0 Å². The summed E-state index contributed by atoms with van der Waals surface area (Å²) in [7, 11) is 0. The molecule has 0 fully saturated rings. The Kier molecular flexibility index (Phi) is 5.78. The van der Waals surface area contributed by atoms with Crippen LogP contribution in [0.2, 0.25) is 0 Å². The van der Waals surface area contributed by atoms with Crippen LogP contribution in [0.1, 0.15) is 10.4 Å². The van der Waals surface area contributed by atoms with Crippen LogP contribution in [0, 0.1) is 0 Å². The van der Waals surface area contributed by atoms with Gasteiger partial charge in [-0.25, -0.2) is 0 Å². The maximum Gasteiger partial charge on any atom is 0.288 e.